The number of allylic oxidation sites excluding steroid dienone is 1. The third kappa shape index (κ3) is 4.93. The van der Waals surface area contributed by atoms with Crippen LogP contribution in [0.4, 0.5) is 22.0 Å². The Bertz CT molecular complexity index is 946. The van der Waals surface area contributed by atoms with Gasteiger partial charge in [-0.3, -0.25) is 0 Å². The number of rotatable bonds is 5. The molecule has 0 atom stereocenters. The molecule has 2 aromatic rings. The Morgan fingerprint density at radius 3 is 2.34 bits per heavy atom. The van der Waals surface area contributed by atoms with Crippen molar-refractivity contribution < 1.29 is 36.2 Å². The molecule has 0 spiro atoms. The zero-order chi connectivity index (χ0) is 21.2. The highest BCUT2D eigenvalue weighted by Crippen LogP contribution is 2.32. The first kappa shape index (κ1) is 20.8. The molecule has 154 valence electrons. The number of ether oxygens (including phenoxy) is 2. The van der Waals surface area contributed by atoms with E-state index < -0.39 is 35.3 Å². The molecule has 1 aliphatic carbocycles. The second kappa shape index (κ2) is 8.23. The molecule has 0 aromatic heterocycles. The van der Waals surface area contributed by atoms with E-state index in [-0.39, 0.29) is 11.3 Å². The van der Waals surface area contributed by atoms with Gasteiger partial charge in [-0.1, -0.05) is 25.0 Å². The summed E-state index contributed by atoms with van der Waals surface area (Å²) in [5.74, 6) is -3.99. The van der Waals surface area contributed by atoms with Gasteiger partial charge in [0, 0.05) is 0 Å². The maximum Gasteiger partial charge on any atom is 0.573 e. The van der Waals surface area contributed by atoms with Crippen molar-refractivity contribution in [1.29, 1.82) is 0 Å². The molecule has 0 saturated carbocycles. The molecule has 0 N–H and O–H groups in total. The summed E-state index contributed by atoms with van der Waals surface area (Å²) in [6.45, 7) is 2.01. The lowest BCUT2D eigenvalue weighted by Gasteiger charge is -2.19. The fourth-order valence-electron chi connectivity index (χ4n) is 3.21. The van der Waals surface area contributed by atoms with E-state index in [0.717, 1.165) is 48.7 Å². The van der Waals surface area contributed by atoms with Crippen LogP contribution in [0.15, 0.2) is 35.9 Å². The number of fused-ring (bicyclic) bond motifs is 1. The molecule has 3 rings (SSSR count). The van der Waals surface area contributed by atoms with Gasteiger partial charge in [0.15, 0.2) is 0 Å². The predicted molar refractivity (Wildman–Crippen MR) is 95.6 cm³/mol. The van der Waals surface area contributed by atoms with Crippen molar-refractivity contribution in [3.63, 3.8) is 0 Å². The Kier molecular flexibility index (Phi) is 5.91. The van der Waals surface area contributed by atoms with Crippen molar-refractivity contribution in [1.82, 2.24) is 0 Å². The van der Waals surface area contributed by atoms with Crippen molar-refractivity contribution in [3.8, 4) is 11.5 Å². The zero-order valence-corrected chi connectivity index (χ0v) is 15.4. The lowest BCUT2D eigenvalue weighted by atomic mass is 9.88. The normalized spacial score (nSPS) is 13.5. The Morgan fingerprint density at radius 2 is 1.72 bits per heavy atom. The predicted octanol–water partition coefficient (Wildman–Crippen LogP) is 6.21. The molecule has 1 aliphatic rings. The molecular weight excluding hydrogens is 395 g/mol. The maximum absolute atomic E-state index is 14.8. The van der Waals surface area contributed by atoms with E-state index in [2.05, 4.69) is 4.74 Å². The van der Waals surface area contributed by atoms with Crippen molar-refractivity contribution in [2.45, 2.75) is 39.0 Å². The van der Waals surface area contributed by atoms with E-state index in [4.69, 9.17) is 4.74 Å². The molecule has 0 saturated heterocycles. The average molecular weight is 412 g/mol. The number of carbonyl (C=O) groups excluding carboxylic acids is 1. The van der Waals surface area contributed by atoms with Crippen LogP contribution in [0, 0.1) is 11.6 Å². The summed E-state index contributed by atoms with van der Waals surface area (Å²) < 4.78 is 74.4. The highest BCUT2D eigenvalue weighted by molar-refractivity contribution is 5.92. The SMILES string of the molecule is CCCC1=Cc2cc(F)c(C(=O)Oc3ccc(OC(F)(F)F)cc3)c(F)c2CC1. The van der Waals surface area contributed by atoms with Gasteiger partial charge in [-0.05, 0) is 60.7 Å². The summed E-state index contributed by atoms with van der Waals surface area (Å²) in [6.07, 6.45) is -0.401. The average Bonchev–Trinajstić information content (AvgIpc) is 2.62. The Labute approximate surface area is 163 Å². The van der Waals surface area contributed by atoms with Gasteiger partial charge in [0.1, 0.15) is 28.7 Å². The van der Waals surface area contributed by atoms with Crippen molar-refractivity contribution in [2.75, 3.05) is 0 Å². The summed E-state index contributed by atoms with van der Waals surface area (Å²) in [5.41, 5.74) is 0.911. The third-order valence-corrected chi connectivity index (χ3v) is 4.45. The smallest absolute Gasteiger partial charge is 0.423 e. The fourth-order valence-corrected chi connectivity index (χ4v) is 3.21. The molecule has 0 aliphatic heterocycles. The molecule has 0 unspecified atom stereocenters. The van der Waals surface area contributed by atoms with Gasteiger partial charge in [0.25, 0.3) is 0 Å². The van der Waals surface area contributed by atoms with E-state index >= 15 is 0 Å². The highest BCUT2D eigenvalue weighted by atomic mass is 19.4. The van der Waals surface area contributed by atoms with Crippen LogP contribution in [0.1, 0.15) is 47.7 Å². The van der Waals surface area contributed by atoms with Crippen LogP contribution in [0.25, 0.3) is 6.08 Å². The fraction of sp³-hybridized carbons (Fsp3) is 0.286. The molecule has 0 bridgehead atoms. The number of benzene rings is 2. The van der Waals surface area contributed by atoms with Crippen molar-refractivity contribution in [3.05, 3.63) is 64.2 Å². The first-order chi connectivity index (χ1) is 13.7. The van der Waals surface area contributed by atoms with E-state index in [1.54, 1.807) is 6.08 Å². The van der Waals surface area contributed by atoms with Crippen molar-refractivity contribution in [2.24, 2.45) is 0 Å². The van der Waals surface area contributed by atoms with E-state index in [0.29, 0.717) is 18.4 Å². The standard InChI is InChI=1S/C21H17F5O3/c1-2-3-12-4-9-16-13(10-12)11-17(22)18(19(16)23)20(27)28-14-5-7-15(8-6-14)29-21(24,25)26/h5-8,10-11H,2-4,9H2,1H3. The van der Waals surface area contributed by atoms with Crippen LogP contribution < -0.4 is 9.47 Å². The minimum atomic E-state index is -4.86. The van der Waals surface area contributed by atoms with Crippen LogP contribution >= 0.6 is 0 Å². The molecule has 8 heteroatoms. The summed E-state index contributed by atoms with van der Waals surface area (Å²) >= 11 is 0. The van der Waals surface area contributed by atoms with Gasteiger partial charge in [-0.2, -0.15) is 0 Å². The van der Waals surface area contributed by atoms with Gasteiger partial charge in [0.2, 0.25) is 0 Å². The number of carbonyl (C=O) groups is 1. The minimum absolute atomic E-state index is 0.175. The van der Waals surface area contributed by atoms with Gasteiger partial charge < -0.3 is 9.47 Å². The quantitative estimate of drug-likeness (QED) is 0.333. The molecule has 3 nitrogen and oxygen atoms in total. The van der Waals surface area contributed by atoms with Crippen LogP contribution in [-0.4, -0.2) is 12.3 Å². The molecule has 0 radical (unpaired) electrons. The summed E-state index contributed by atoms with van der Waals surface area (Å²) in [7, 11) is 0. The summed E-state index contributed by atoms with van der Waals surface area (Å²) in [6, 6.07) is 5.02. The number of hydrogen-bond donors (Lipinski definition) is 0. The van der Waals surface area contributed by atoms with Crippen LogP contribution in [0.3, 0.4) is 0 Å². The topological polar surface area (TPSA) is 35.5 Å². The number of alkyl halides is 3. The summed E-state index contributed by atoms with van der Waals surface area (Å²) in [5, 5.41) is 0. The lowest BCUT2D eigenvalue weighted by Crippen LogP contribution is -2.17. The van der Waals surface area contributed by atoms with Crippen molar-refractivity contribution >= 4 is 12.0 Å². The minimum Gasteiger partial charge on any atom is -0.423 e. The largest absolute Gasteiger partial charge is 0.573 e. The van der Waals surface area contributed by atoms with E-state index in [1.165, 1.54) is 0 Å². The van der Waals surface area contributed by atoms with Gasteiger partial charge >= 0.3 is 12.3 Å². The second-order valence-corrected chi connectivity index (χ2v) is 6.58. The first-order valence-corrected chi connectivity index (χ1v) is 8.96. The monoisotopic (exact) mass is 412 g/mol. The van der Waals surface area contributed by atoms with E-state index in [9.17, 15) is 26.7 Å². The first-order valence-electron chi connectivity index (χ1n) is 8.96. The second-order valence-electron chi connectivity index (χ2n) is 6.58. The van der Waals surface area contributed by atoms with E-state index in [1.807, 2.05) is 6.92 Å². The molecule has 0 fully saturated rings. The van der Waals surface area contributed by atoms with Crippen LogP contribution in [0.5, 0.6) is 11.5 Å². The Morgan fingerprint density at radius 1 is 1.07 bits per heavy atom. The highest BCUT2D eigenvalue weighted by Gasteiger charge is 2.31. The molecule has 0 amide bonds. The number of esters is 1. The summed E-state index contributed by atoms with van der Waals surface area (Å²) in [4.78, 5) is 12.3. The molecule has 0 heterocycles. The van der Waals surface area contributed by atoms with Gasteiger partial charge in [-0.25, -0.2) is 13.6 Å². The lowest BCUT2D eigenvalue weighted by molar-refractivity contribution is -0.274. The Hall–Kier alpha value is -2.90. The molecule has 2 aromatic carbocycles. The molecule has 29 heavy (non-hydrogen) atoms. The maximum atomic E-state index is 14.8. The van der Waals surface area contributed by atoms with Crippen LogP contribution in [-0.2, 0) is 6.42 Å². The number of halogens is 5. The van der Waals surface area contributed by atoms with Crippen LogP contribution in [0.2, 0.25) is 0 Å². The van der Waals surface area contributed by atoms with Gasteiger partial charge in [-0.15, -0.1) is 13.2 Å². The third-order valence-electron chi connectivity index (χ3n) is 4.45. The Balaban J connectivity index is 1.81. The van der Waals surface area contributed by atoms with Gasteiger partial charge in [0.05, 0.1) is 0 Å². The molecular formula is C21H17F5O3. The number of hydrogen-bond acceptors (Lipinski definition) is 3. The zero-order valence-electron chi connectivity index (χ0n) is 15.4.